The number of rotatable bonds is 0. The lowest BCUT2D eigenvalue weighted by atomic mass is 10.2. The van der Waals surface area contributed by atoms with Gasteiger partial charge in [0.15, 0.2) is 0 Å². The Morgan fingerprint density at radius 2 is 2.14 bits per heavy atom. The number of H-pyrrole nitrogens is 1. The molecule has 1 aromatic carbocycles. The second kappa shape index (κ2) is 4.81. The van der Waals surface area contributed by atoms with E-state index in [2.05, 4.69) is 40.0 Å². The highest BCUT2D eigenvalue weighted by molar-refractivity contribution is 9.10. The monoisotopic (exact) mass is 255 g/mol. The highest BCUT2D eigenvalue weighted by Gasteiger charge is 1.97. The number of carbonyl (C=O) groups is 1. The Balaban J connectivity index is 0.000000293. The molecule has 0 fully saturated rings. The Labute approximate surface area is 89.9 Å². The molecule has 0 atom stereocenters. The summed E-state index contributed by atoms with van der Waals surface area (Å²) >= 11 is 3.44. The van der Waals surface area contributed by atoms with Crippen molar-refractivity contribution in [1.29, 1.82) is 0 Å². The minimum Gasteiger partial charge on any atom is -0.483 e. The van der Waals surface area contributed by atoms with Crippen LogP contribution in [-0.4, -0.2) is 16.6 Å². The normalized spacial score (nSPS) is 9.29. The van der Waals surface area contributed by atoms with Crippen LogP contribution in [0.3, 0.4) is 0 Å². The molecule has 0 amide bonds. The average Bonchev–Trinajstić information content (AvgIpc) is 2.49. The highest BCUT2D eigenvalue weighted by Crippen LogP contribution is 2.21. The van der Waals surface area contributed by atoms with Crippen molar-refractivity contribution < 1.29 is 9.90 Å². The number of hydrogen-bond donors (Lipinski definition) is 2. The van der Waals surface area contributed by atoms with Crippen LogP contribution in [0.5, 0.6) is 0 Å². The Morgan fingerprint density at radius 1 is 1.50 bits per heavy atom. The minimum absolute atomic E-state index is 0.250. The first-order chi connectivity index (χ1) is 6.69. The van der Waals surface area contributed by atoms with Crippen molar-refractivity contribution in [1.82, 2.24) is 4.98 Å². The van der Waals surface area contributed by atoms with Gasteiger partial charge in [0.1, 0.15) is 0 Å². The molecule has 0 radical (unpaired) electrons. The summed E-state index contributed by atoms with van der Waals surface area (Å²) in [5.74, 6) is 0. The number of benzene rings is 1. The lowest BCUT2D eigenvalue weighted by Gasteiger charge is -1.91. The predicted octanol–water partition coefficient (Wildman–Crippen LogP) is 2.94. The van der Waals surface area contributed by atoms with E-state index in [0.717, 1.165) is 4.47 Å². The third kappa shape index (κ3) is 2.35. The summed E-state index contributed by atoms with van der Waals surface area (Å²) in [6, 6.07) is 6.24. The van der Waals surface area contributed by atoms with Gasteiger partial charge in [-0.1, -0.05) is 15.9 Å². The fraction of sp³-hybridized carbons (Fsp3) is 0.100. The molecule has 0 aliphatic heterocycles. The molecule has 0 saturated heterocycles. The van der Waals surface area contributed by atoms with E-state index in [0.29, 0.717) is 0 Å². The van der Waals surface area contributed by atoms with Crippen LogP contribution in [0.2, 0.25) is 0 Å². The van der Waals surface area contributed by atoms with Gasteiger partial charge >= 0.3 is 0 Å². The van der Waals surface area contributed by atoms with E-state index in [1.165, 1.54) is 16.5 Å². The van der Waals surface area contributed by atoms with Crippen LogP contribution in [0.25, 0.3) is 10.9 Å². The molecule has 0 saturated carbocycles. The van der Waals surface area contributed by atoms with Crippen molar-refractivity contribution in [3.05, 3.63) is 34.4 Å². The summed E-state index contributed by atoms with van der Waals surface area (Å²) in [5, 5.41) is 8.18. The van der Waals surface area contributed by atoms with Crippen molar-refractivity contribution in [2.24, 2.45) is 0 Å². The summed E-state index contributed by atoms with van der Waals surface area (Å²) in [4.78, 5) is 11.6. The SMILES string of the molecule is Cc1c[nH]c2ccc(Br)cc12.O=CO. The van der Waals surface area contributed by atoms with E-state index < -0.39 is 0 Å². The Bertz CT molecular complexity index is 437. The van der Waals surface area contributed by atoms with Crippen molar-refractivity contribution in [3.63, 3.8) is 0 Å². The molecular weight excluding hydrogens is 246 g/mol. The molecule has 3 nitrogen and oxygen atoms in total. The van der Waals surface area contributed by atoms with E-state index in [9.17, 15) is 0 Å². The van der Waals surface area contributed by atoms with Gasteiger partial charge in [-0.2, -0.15) is 0 Å². The zero-order valence-electron chi connectivity index (χ0n) is 7.62. The Kier molecular flexibility index (Phi) is 3.71. The second-order valence-corrected chi connectivity index (χ2v) is 3.68. The quantitative estimate of drug-likeness (QED) is 0.712. The smallest absolute Gasteiger partial charge is 0.290 e. The molecule has 14 heavy (non-hydrogen) atoms. The van der Waals surface area contributed by atoms with E-state index in [1.807, 2.05) is 12.3 Å². The number of hydrogen-bond acceptors (Lipinski definition) is 1. The van der Waals surface area contributed by atoms with Gasteiger partial charge in [0.05, 0.1) is 0 Å². The molecular formula is C10H10BrNO2. The molecule has 1 aromatic heterocycles. The van der Waals surface area contributed by atoms with Crippen molar-refractivity contribution >= 4 is 33.3 Å². The lowest BCUT2D eigenvalue weighted by Crippen LogP contribution is -1.68. The zero-order chi connectivity index (χ0) is 10.6. The molecule has 0 bridgehead atoms. The summed E-state index contributed by atoms with van der Waals surface area (Å²) in [7, 11) is 0. The van der Waals surface area contributed by atoms with Gasteiger partial charge in [-0.05, 0) is 30.7 Å². The lowest BCUT2D eigenvalue weighted by molar-refractivity contribution is -0.122. The molecule has 2 aromatic rings. The minimum atomic E-state index is -0.250. The van der Waals surface area contributed by atoms with Gasteiger partial charge in [-0.25, -0.2) is 0 Å². The molecule has 0 spiro atoms. The number of halogens is 1. The van der Waals surface area contributed by atoms with Gasteiger partial charge in [0, 0.05) is 21.6 Å². The summed E-state index contributed by atoms with van der Waals surface area (Å²) in [5.41, 5.74) is 2.49. The summed E-state index contributed by atoms with van der Waals surface area (Å²) in [6.07, 6.45) is 2.02. The fourth-order valence-electron chi connectivity index (χ4n) is 1.23. The van der Waals surface area contributed by atoms with E-state index >= 15 is 0 Å². The van der Waals surface area contributed by atoms with Crippen LogP contribution in [0, 0.1) is 6.92 Å². The molecule has 0 unspecified atom stereocenters. The second-order valence-electron chi connectivity index (χ2n) is 2.77. The number of aromatic amines is 1. The van der Waals surface area contributed by atoms with Crippen LogP contribution >= 0.6 is 15.9 Å². The predicted molar refractivity (Wildman–Crippen MR) is 59.4 cm³/mol. The van der Waals surface area contributed by atoms with Gasteiger partial charge in [-0.3, -0.25) is 4.79 Å². The number of nitrogens with one attached hydrogen (secondary N) is 1. The first-order valence-electron chi connectivity index (χ1n) is 4.00. The van der Waals surface area contributed by atoms with Crippen LogP contribution in [0.4, 0.5) is 0 Å². The molecule has 2 rings (SSSR count). The van der Waals surface area contributed by atoms with E-state index in [-0.39, 0.29) is 6.47 Å². The topological polar surface area (TPSA) is 53.1 Å². The standard InChI is InChI=1S/C9H8BrN.CH2O2/c1-6-5-11-9-3-2-7(10)4-8(6)9;2-1-3/h2-5,11H,1H3;1H,(H,2,3). The zero-order valence-corrected chi connectivity index (χ0v) is 9.21. The number of fused-ring (bicyclic) bond motifs is 1. The summed E-state index contributed by atoms with van der Waals surface area (Å²) in [6.45, 7) is 1.85. The molecule has 4 heteroatoms. The fourth-order valence-corrected chi connectivity index (χ4v) is 1.59. The maximum absolute atomic E-state index is 8.36. The first kappa shape index (κ1) is 10.8. The third-order valence-electron chi connectivity index (χ3n) is 1.85. The van der Waals surface area contributed by atoms with Crippen LogP contribution in [0.1, 0.15) is 5.56 Å². The van der Waals surface area contributed by atoms with Crippen LogP contribution in [-0.2, 0) is 4.79 Å². The molecule has 0 aliphatic rings. The number of carboxylic acid groups (broad SMARTS) is 1. The number of aromatic nitrogens is 1. The van der Waals surface area contributed by atoms with Crippen molar-refractivity contribution in [2.75, 3.05) is 0 Å². The van der Waals surface area contributed by atoms with E-state index in [4.69, 9.17) is 9.90 Å². The van der Waals surface area contributed by atoms with Gasteiger partial charge in [0.2, 0.25) is 0 Å². The largest absolute Gasteiger partial charge is 0.483 e. The van der Waals surface area contributed by atoms with Crippen LogP contribution in [0.15, 0.2) is 28.9 Å². The third-order valence-corrected chi connectivity index (χ3v) is 2.34. The van der Waals surface area contributed by atoms with E-state index in [1.54, 1.807) is 0 Å². The highest BCUT2D eigenvalue weighted by atomic mass is 79.9. The van der Waals surface area contributed by atoms with Crippen LogP contribution < -0.4 is 0 Å². The molecule has 1 heterocycles. The van der Waals surface area contributed by atoms with Gasteiger partial charge in [-0.15, -0.1) is 0 Å². The maximum Gasteiger partial charge on any atom is 0.290 e. The maximum atomic E-state index is 8.36. The first-order valence-corrected chi connectivity index (χ1v) is 4.79. The summed E-state index contributed by atoms with van der Waals surface area (Å²) < 4.78 is 1.13. The number of aryl methyl sites for hydroxylation is 1. The molecule has 2 N–H and O–H groups in total. The Morgan fingerprint density at radius 3 is 2.79 bits per heavy atom. The average molecular weight is 256 g/mol. The van der Waals surface area contributed by atoms with Gasteiger partial charge < -0.3 is 10.1 Å². The van der Waals surface area contributed by atoms with Crippen molar-refractivity contribution in [2.45, 2.75) is 6.92 Å². The molecule has 0 aliphatic carbocycles. The Hall–Kier alpha value is -1.29. The van der Waals surface area contributed by atoms with Gasteiger partial charge in [0.25, 0.3) is 6.47 Å². The van der Waals surface area contributed by atoms with Crippen molar-refractivity contribution in [3.8, 4) is 0 Å². The molecule has 74 valence electrons.